The van der Waals surface area contributed by atoms with Crippen LogP contribution in [0.4, 0.5) is 5.69 Å². The molecule has 1 N–H and O–H groups in total. The van der Waals surface area contributed by atoms with Crippen LogP contribution in [0.3, 0.4) is 0 Å². The van der Waals surface area contributed by atoms with Crippen molar-refractivity contribution in [3.05, 3.63) is 11.4 Å². The van der Waals surface area contributed by atoms with E-state index >= 15 is 0 Å². The van der Waals surface area contributed by atoms with Gasteiger partial charge in [0.25, 0.3) is 0 Å². The van der Waals surface area contributed by atoms with Gasteiger partial charge in [-0.2, -0.15) is 5.10 Å². The van der Waals surface area contributed by atoms with Gasteiger partial charge in [-0.25, -0.2) is 0 Å². The Kier molecular flexibility index (Phi) is 4.84. The number of rotatable bonds is 6. The average molecular weight is 223 g/mol. The average Bonchev–Trinajstić information content (AvgIpc) is 2.46. The van der Waals surface area contributed by atoms with Crippen LogP contribution in [0, 0.1) is 13.8 Å². The summed E-state index contributed by atoms with van der Waals surface area (Å²) in [5, 5.41) is 8.09. The van der Waals surface area contributed by atoms with Gasteiger partial charge in [0, 0.05) is 13.1 Å². The summed E-state index contributed by atoms with van der Waals surface area (Å²) in [6.45, 7) is 8.68. The van der Waals surface area contributed by atoms with Crippen LogP contribution in [0.25, 0.3) is 0 Å². The van der Waals surface area contributed by atoms with Crippen LogP contribution in [-0.4, -0.2) is 15.8 Å². The van der Waals surface area contributed by atoms with E-state index < -0.39 is 0 Å². The summed E-state index contributed by atoms with van der Waals surface area (Å²) in [5.74, 6) is 0. The number of hydrogen-bond donors (Lipinski definition) is 1. The van der Waals surface area contributed by atoms with Crippen molar-refractivity contribution in [2.45, 2.75) is 59.4 Å². The molecule has 1 aromatic heterocycles. The Bertz CT molecular complexity index is 322. The van der Waals surface area contributed by atoms with E-state index in [-0.39, 0.29) is 0 Å². The van der Waals surface area contributed by atoms with Crippen LogP contribution in [0.15, 0.2) is 0 Å². The summed E-state index contributed by atoms with van der Waals surface area (Å²) < 4.78 is 1.95. The summed E-state index contributed by atoms with van der Waals surface area (Å²) in [7, 11) is 2.00. The highest BCUT2D eigenvalue weighted by Gasteiger charge is 2.13. The van der Waals surface area contributed by atoms with Gasteiger partial charge in [0.15, 0.2) is 0 Å². The van der Waals surface area contributed by atoms with Crippen molar-refractivity contribution in [2.75, 3.05) is 5.32 Å². The van der Waals surface area contributed by atoms with Crippen molar-refractivity contribution < 1.29 is 0 Å². The molecule has 0 radical (unpaired) electrons. The standard InChI is InChI=1S/C13H25N3/c1-6-8-12(9-7-2)14-13-10(3)15-16(5)11(13)4/h12,14H,6-9H2,1-5H3. The van der Waals surface area contributed by atoms with Crippen molar-refractivity contribution in [2.24, 2.45) is 7.05 Å². The Hall–Kier alpha value is -0.990. The quantitative estimate of drug-likeness (QED) is 0.801. The summed E-state index contributed by atoms with van der Waals surface area (Å²) >= 11 is 0. The van der Waals surface area contributed by atoms with Gasteiger partial charge in [-0.15, -0.1) is 0 Å². The Balaban J connectivity index is 2.76. The molecular formula is C13H25N3. The molecule has 0 fully saturated rings. The zero-order valence-corrected chi connectivity index (χ0v) is 11.3. The largest absolute Gasteiger partial charge is 0.379 e. The third kappa shape index (κ3) is 3.00. The van der Waals surface area contributed by atoms with E-state index in [0.29, 0.717) is 6.04 Å². The molecule has 0 spiro atoms. The minimum absolute atomic E-state index is 0.594. The van der Waals surface area contributed by atoms with E-state index in [1.807, 2.05) is 11.7 Å². The zero-order valence-electron chi connectivity index (χ0n) is 11.3. The van der Waals surface area contributed by atoms with Crippen molar-refractivity contribution in [3.63, 3.8) is 0 Å². The van der Waals surface area contributed by atoms with Gasteiger partial charge >= 0.3 is 0 Å². The van der Waals surface area contributed by atoms with Gasteiger partial charge in [-0.3, -0.25) is 4.68 Å². The lowest BCUT2D eigenvalue weighted by molar-refractivity contribution is 0.585. The normalized spacial score (nSPS) is 11.1. The molecule has 3 heteroatoms. The maximum atomic E-state index is 4.44. The Labute approximate surface area is 99.2 Å². The fourth-order valence-corrected chi connectivity index (χ4v) is 2.17. The molecule has 0 saturated carbocycles. The lowest BCUT2D eigenvalue weighted by Crippen LogP contribution is -2.19. The summed E-state index contributed by atoms with van der Waals surface area (Å²) in [4.78, 5) is 0. The molecule has 3 nitrogen and oxygen atoms in total. The van der Waals surface area contributed by atoms with Crippen molar-refractivity contribution in [1.29, 1.82) is 0 Å². The first kappa shape index (κ1) is 13.1. The van der Waals surface area contributed by atoms with Crippen molar-refractivity contribution in [1.82, 2.24) is 9.78 Å². The highest BCUT2D eigenvalue weighted by Crippen LogP contribution is 2.21. The van der Waals surface area contributed by atoms with Crippen LogP contribution in [0.2, 0.25) is 0 Å². The predicted molar refractivity (Wildman–Crippen MR) is 69.9 cm³/mol. The maximum absolute atomic E-state index is 4.44. The molecule has 16 heavy (non-hydrogen) atoms. The topological polar surface area (TPSA) is 29.9 Å². The predicted octanol–water partition coefficient (Wildman–Crippen LogP) is 3.42. The monoisotopic (exact) mass is 223 g/mol. The summed E-state index contributed by atoms with van der Waals surface area (Å²) in [5.41, 5.74) is 3.57. The van der Waals surface area contributed by atoms with Gasteiger partial charge in [-0.05, 0) is 26.7 Å². The van der Waals surface area contributed by atoms with Crippen molar-refractivity contribution in [3.8, 4) is 0 Å². The Morgan fingerprint density at radius 3 is 2.12 bits per heavy atom. The number of nitrogens with zero attached hydrogens (tertiary/aromatic N) is 2. The molecule has 0 saturated heterocycles. The molecule has 0 aliphatic carbocycles. The molecule has 0 unspecified atom stereocenters. The Morgan fingerprint density at radius 2 is 1.75 bits per heavy atom. The molecule has 0 aromatic carbocycles. The summed E-state index contributed by atoms with van der Waals surface area (Å²) in [6, 6.07) is 0.594. The first-order valence-corrected chi connectivity index (χ1v) is 6.36. The fourth-order valence-electron chi connectivity index (χ4n) is 2.17. The van der Waals surface area contributed by atoms with Crippen LogP contribution < -0.4 is 5.32 Å². The number of hydrogen-bond acceptors (Lipinski definition) is 2. The van der Waals surface area contributed by atoms with Gasteiger partial charge in [0.1, 0.15) is 0 Å². The Morgan fingerprint density at radius 1 is 1.19 bits per heavy atom. The minimum atomic E-state index is 0.594. The number of aromatic nitrogens is 2. The smallest absolute Gasteiger partial charge is 0.0827 e. The lowest BCUT2D eigenvalue weighted by Gasteiger charge is -2.18. The molecule has 1 heterocycles. The molecule has 1 aromatic rings. The van der Waals surface area contributed by atoms with E-state index in [0.717, 1.165) is 5.69 Å². The van der Waals surface area contributed by atoms with Crippen LogP contribution in [0.1, 0.15) is 50.9 Å². The van der Waals surface area contributed by atoms with Crippen molar-refractivity contribution >= 4 is 5.69 Å². The van der Waals surface area contributed by atoms with Gasteiger partial charge < -0.3 is 5.32 Å². The zero-order chi connectivity index (χ0) is 12.1. The SMILES string of the molecule is CCCC(CCC)Nc1c(C)nn(C)c1C. The molecule has 0 bridgehead atoms. The molecule has 0 atom stereocenters. The molecule has 0 amide bonds. The number of aryl methyl sites for hydroxylation is 2. The molecule has 1 rings (SSSR count). The van der Waals surface area contributed by atoms with E-state index in [1.54, 1.807) is 0 Å². The van der Waals surface area contributed by atoms with Gasteiger partial charge in [0.2, 0.25) is 0 Å². The molecule has 0 aliphatic rings. The van der Waals surface area contributed by atoms with Gasteiger partial charge in [0.05, 0.1) is 17.1 Å². The van der Waals surface area contributed by atoms with Crippen LogP contribution in [-0.2, 0) is 7.05 Å². The van der Waals surface area contributed by atoms with Gasteiger partial charge in [-0.1, -0.05) is 26.7 Å². The minimum Gasteiger partial charge on any atom is -0.379 e. The second kappa shape index (κ2) is 5.92. The highest BCUT2D eigenvalue weighted by molar-refractivity contribution is 5.52. The lowest BCUT2D eigenvalue weighted by atomic mass is 10.1. The second-order valence-electron chi connectivity index (χ2n) is 4.59. The van der Waals surface area contributed by atoms with E-state index in [9.17, 15) is 0 Å². The highest BCUT2D eigenvalue weighted by atomic mass is 15.3. The summed E-state index contributed by atoms with van der Waals surface area (Å²) in [6.07, 6.45) is 4.94. The van der Waals surface area contributed by atoms with E-state index in [1.165, 1.54) is 37.1 Å². The molecule has 92 valence electrons. The number of anilines is 1. The molecule has 0 aliphatic heterocycles. The number of nitrogens with one attached hydrogen (secondary N) is 1. The first-order chi connectivity index (χ1) is 7.60. The fraction of sp³-hybridized carbons (Fsp3) is 0.769. The second-order valence-corrected chi connectivity index (χ2v) is 4.59. The first-order valence-electron chi connectivity index (χ1n) is 6.36. The van der Waals surface area contributed by atoms with E-state index in [2.05, 4.69) is 38.1 Å². The third-order valence-electron chi connectivity index (χ3n) is 3.13. The maximum Gasteiger partial charge on any atom is 0.0827 e. The van der Waals surface area contributed by atoms with Crippen LogP contribution in [0.5, 0.6) is 0 Å². The van der Waals surface area contributed by atoms with Crippen LogP contribution >= 0.6 is 0 Å². The van der Waals surface area contributed by atoms with E-state index in [4.69, 9.17) is 0 Å². The third-order valence-corrected chi connectivity index (χ3v) is 3.13. The molecular weight excluding hydrogens is 198 g/mol.